The first-order chi connectivity index (χ1) is 13.5. The second-order valence-corrected chi connectivity index (χ2v) is 7.77. The van der Waals surface area contributed by atoms with Crippen LogP contribution in [0.15, 0.2) is 53.5 Å². The molecule has 0 saturated carbocycles. The molecule has 0 bridgehead atoms. The predicted octanol–water partition coefficient (Wildman–Crippen LogP) is 5.30. The van der Waals surface area contributed by atoms with Crippen LogP contribution in [-0.4, -0.2) is 14.2 Å². The summed E-state index contributed by atoms with van der Waals surface area (Å²) in [5, 5.41) is 10.4. The van der Waals surface area contributed by atoms with Crippen LogP contribution in [0.2, 0.25) is 10.0 Å². The summed E-state index contributed by atoms with van der Waals surface area (Å²) < 4.78 is 3.61. The first-order valence-electron chi connectivity index (χ1n) is 9.48. The molecule has 3 rings (SSSR count). The van der Waals surface area contributed by atoms with E-state index in [0.717, 1.165) is 36.9 Å². The van der Waals surface area contributed by atoms with Gasteiger partial charge in [0.15, 0.2) is 0 Å². The molecule has 6 heteroatoms. The summed E-state index contributed by atoms with van der Waals surface area (Å²) in [5.74, 6) is 0.278. The molecule has 148 valence electrons. The molecule has 4 nitrogen and oxygen atoms in total. The van der Waals surface area contributed by atoms with E-state index >= 15 is 0 Å². The Kier molecular flexibility index (Phi) is 6.87. The standard InChI is InChI=1S/C22H24Cl2N2O2/c1-2-12-26-18(5-3-4-16-6-9-19(27)10-7-16)15-25(22(26)28)14-17-8-11-20(23)21(24)13-17/h6-11,13,15,27H,2-5,12,14H2,1H3. The van der Waals surface area contributed by atoms with Gasteiger partial charge < -0.3 is 5.11 Å². The lowest BCUT2D eigenvalue weighted by atomic mass is 10.1. The van der Waals surface area contributed by atoms with Gasteiger partial charge in [0.25, 0.3) is 0 Å². The van der Waals surface area contributed by atoms with E-state index in [0.29, 0.717) is 23.1 Å². The fraction of sp³-hybridized carbons (Fsp3) is 0.318. The van der Waals surface area contributed by atoms with E-state index in [4.69, 9.17) is 23.2 Å². The normalized spacial score (nSPS) is 11.1. The molecule has 0 atom stereocenters. The maximum atomic E-state index is 12.8. The maximum absolute atomic E-state index is 12.8. The van der Waals surface area contributed by atoms with Crippen LogP contribution in [0.3, 0.4) is 0 Å². The Morgan fingerprint density at radius 2 is 1.68 bits per heavy atom. The Balaban J connectivity index is 1.74. The molecular weight excluding hydrogens is 395 g/mol. The number of benzene rings is 2. The summed E-state index contributed by atoms with van der Waals surface area (Å²) in [4.78, 5) is 12.8. The molecule has 0 saturated heterocycles. The Labute approximate surface area is 175 Å². The van der Waals surface area contributed by atoms with Crippen molar-refractivity contribution in [1.82, 2.24) is 9.13 Å². The number of imidazole rings is 1. The van der Waals surface area contributed by atoms with Crippen LogP contribution in [0, 0.1) is 0 Å². The molecule has 2 aromatic carbocycles. The number of nitrogens with zero attached hydrogens (tertiary/aromatic N) is 2. The van der Waals surface area contributed by atoms with Crippen molar-refractivity contribution in [3.8, 4) is 5.75 Å². The van der Waals surface area contributed by atoms with Crippen molar-refractivity contribution in [2.45, 2.75) is 45.7 Å². The molecule has 1 heterocycles. The van der Waals surface area contributed by atoms with Crippen LogP contribution in [-0.2, 0) is 25.9 Å². The number of rotatable bonds is 8. The molecule has 0 aliphatic carbocycles. The minimum Gasteiger partial charge on any atom is -0.508 e. The predicted molar refractivity (Wildman–Crippen MR) is 115 cm³/mol. The highest BCUT2D eigenvalue weighted by Gasteiger charge is 2.12. The lowest BCUT2D eigenvalue weighted by Crippen LogP contribution is -2.25. The zero-order valence-corrected chi connectivity index (χ0v) is 17.4. The van der Waals surface area contributed by atoms with Gasteiger partial charge in [0, 0.05) is 18.4 Å². The third-order valence-electron chi connectivity index (χ3n) is 4.75. The summed E-state index contributed by atoms with van der Waals surface area (Å²) in [7, 11) is 0. The van der Waals surface area contributed by atoms with Gasteiger partial charge in [-0.25, -0.2) is 4.79 Å². The topological polar surface area (TPSA) is 47.2 Å². The first-order valence-corrected chi connectivity index (χ1v) is 10.2. The van der Waals surface area contributed by atoms with Gasteiger partial charge in [-0.1, -0.05) is 48.3 Å². The summed E-state index contributed by atoms with van der Waals surface area (Å²) in [5.41, 5.74) is 3.18. The lowest BCUT2D eigenvalue weighted by Gasteiger charge is -2.06. The van der Waals surface area contributed by atoms with Crippen molar-refractivity contribution >= 4 is 23.2 Å². The molecule has 1 aromatic heterocycles. The van der Waals surface area contributed by atoms with Crippen molar-refractivity contribution < 1.29 is 5.11 Å². The van der Waals surface area contributed by atoms with E-state index in [1.807, 2.05) is 29.0 Å². The second-order valence-electron chi connectivity index (χ2n) is 6.95. The summed E-state index contributed by atoms with van der Waals surface area (Å²) >= 11 is 12.1. The Hall–Kier alpha value is -2.17. The number of aromatic nitrogens is 2. The Bertz CT molecular complexity index is 991. The van der Waals surface area contributed by atoms with E-state index in [-0.39, 0.29) is 11.4 Å². The molecule has 0 aliphatic rings. The molecule has 0 fully saturated rings. The highest BCUT2D eigenvalue weighted by Crippen LogP contribution is 2.23. The highest BCUT2D eigenvalue weighted by molar-refractivity contribution is 6.42. The van der Waals surface area contributed by atoms with Crippen LogP contribution in [0.25, 0.3) is 0 Å². The van der Waals surface area contributed by atoms with Gasteiger partial charge in [-0.3, -0.25) is 9.13 Å². The van der Waals surface area contributed by atoms with Crippen LogP contribution in [0.5, 0.6) is 5.75 Å². The minimum absolute atomic E-state index is 0.00700. The Morgan fingerprint density at radius 3 is 2.36 bits per heavy atom. The van der Waals surface area contributed by atoms with Crippen LogP contribution in [0.4, 0.5) is 0 Å². The van der Waals surface area contributed by atoms with E-state index in [1.54, 1.807) is 28.8 Å². The number of phenolic OH excluding ortho intramolecular Hbond substituents is 1. The summed E-state index contributed by atoms with van der Waals surface area (Å²) in [6.45, 7) is 3.25. The fourth-order valence-corrected chi connectivity index (χ4v) is 3.65. The van der Waals surface area contributed by atoms with Gasteiger partial charge in [-0.15, -0.1) is 0 Å². The average molecular weight is 419 g/mol. The summed E-state index contributed by atoms with van der Waals surface area (Å²) in [6, 6.07) is 12.7. The largest absolute Gasteiger partial charge is 0.508 e. The van der Waals surface area contributed by atoms with Gasteiger partial charge in [0.05, 0.1) is 16.6 Å². The summed E-state index contributed by atoms with van der Waals surface area (Å²) in [6.07, 6.45) is 5.52. The van der Waals surface area contributed by atoms with Gasteiger partial charge in [0.1, 0.15) is 5.75 Å². The molecule has 28 heavy (non-hydrogen) atoms. The van der Waals surface area contributed by atoms with Gasteiger partial charge in [0.2, 0.25) is 0 Å². The van der Waals surface area contributed by atoms with Crippen molar-refractivity contribution in [3.05, 3.63) is 86.0 Å². The minimum atomic E-state index is 0.00700. The molecular formula is C22H24Cl2N2O2. The molecule has 0 spiro atoms. The molecule has 0 radical (unpaired) electrons. The van der Waals surface area contributed by atoms with E-state index in [9.17, 15) is 9.90 Å². The smallest absolute Gasteiger partial charge is 0.328 e. The molecule has 0 amide bonds. The van der Waals surface area contributed by atoms with E-state index in [2.05, 4.69) is 6.92 Å². The zero-order valence-electron chi connectivity index (χ0n) is 15.9. The van der Waals surface area contributed by atoms with Crippen molar-refractivity contribution in [1.29, 1.82) is 0 Å². The van der Waals surface area contributed by atoms with Crippen molar-refractivity contribution in [3.63, 3.8) is 0 Å². The van der Waals surface area contributed by atoms with Gasteiger partial charge in [-0.2, -0.15) is 0 Å². The molecule has 1 N–H and O–H groups in total. The van der Waals surface area contributed by atoms with Crippen molar-refractivity contribution in [2.24, 2.45) is 0 Å². The zero-order chi connectivity index (χ0) is 20.1. The Morgan fingerprint density at radius 1 is 0.964 bits per heavy atom. The third kappa shape index (κ3) is 5.00. The van der Waals surface area contributed by atoms with Gasteiger partial charge >= 0.3 is 5.69 Å². The van der Waals surface area contributed by atoms with Crippen LogP contribution >= 0.6 is 23.2 Å². The van der Waals surface area contributed by atoms with E-state index < -0.39 is 0 Å². The highest BCUT2D eigenvalue weighted by atomic mass is 35.5. The molecule has 0 unspecified atom stereocenters. The number of aromatic hydroxyl groups is 1. The number of aryl methyl sites for hydroxylation is 2. The number of phenols is 1. The van der Waals surface area contributed by atoms with Gasteiger partial charge in [-0.05, 0) is 61.1 Å². The lowest BCUT2D eigenvalue weighted by molar-refractivity contribution is 0.475. The quantitative estimate of drug-likeness (QED) is 0.539. The van der Waals surface area contributed by atoms with Crippen molar-refractivity contribution in [2.75, 3.05) is 0 Å². The van der Waals surface area contributed by atoms with Crippen LogP contribution < -0.4 is 5.69 Å². The number of hydrogen-bond acceptors (Lipinski definition) is 2. The first kappa shape index (κ1) is 20.6. The molecule has 3 aromatic rings. The second kappa shape index (κ2) is 9.35. The SMILES string of the molecule is CCCn1c(CCCc2ccc(O)cc2)cn(Cc2ccc(Cl)c(Cl)c2)c1=O. The average Bonchev–Trinajstić information content (AvgIpc) is 2.96. The third-order valence-corrected chi connectivity index (χ3v) is 5.49. The molecule has 0 aliphatic heterocycles. The number of halogens is 2. The number of hydrogen-bond donors (Lipinski definition) is 1. The van der Waals surface area contributed by atoms with E-state index in [1.165, 1.54) is 5.56 Å². The maximum Gasteiger partial charge on any atom is 0.328 e. The fourth-order valence-electron chi connectivity index (χ4n) is 3.33. The van der Waals surface area contributed by atoms with Crippen LogP contribution in [0.1, 0.15) is 36.6 Å². The monoisotopic (exact) mass is 418 g/mol.